The number of fused-ring (bicyclic) bond motifs is 1. The van der Waals surface area contributed by atoms with E-state index in [9.17, 15) is 5.21 Å². The number of likely N-dealkylation sites (N-methyl/N-ethyl adjacent to an activating group) is 1. The number of halogens is 1. The van der Waals surface area contributed by atoms with Gasteiger partial charge in [0.25, 0.3) is 0 Å². The monoisotopic (exact) mass is 574 g/mol. The van der Waals surface area contributed by atoms with E-state index in [2.05, 4.69) is 38.0 Å². The lowest BCUT2D eigenvalue weighted by Crippen LogP contribution is -2.45. The molecule has 3 heterocycles. The number of methoxy groups -OCH3 is 1. The molecule has 0 unspecified atom stereocenters. The lowest BCUT2D eigenvalue weighted by Gasteiger charge is -2.32. The summed E-state index contributed by atoms with van der Waals surface area (Å²) in [5.74, 6) is 2.14. The Hall–Kier alpha value is -3.92. The minimum Gasteiger partial charge on any atom is -0.493 e. The number of oxime groups is 1. The van der Waals surface area contributed by atoms with Crippen LogP contribution in [-0.2, 0) is 6.42 Å². The molecule has 10 heteroatoms. The zero-order valence-electron chi connectivity index (χ0n) is 23.3. The smallest absolute Gasteiger partial charge is 0.161 e. The highest BCUT2D eigenvalue weighted by atomic mass is 35.5. The minimum absolute atomic E-state index is 0. The number of aromatic amines is 1. The number of benzene rings is 2. The van der Waals surface area contributed by atoms with Gasteiger partial charge in [0.05, 0.1) is 24.2 Å². The molecule has 9 nitrogen and oxygen atoms in total. The number of nitrogens with one attached hydrogen (secondary N) is 1. The Kier molecular flexibility index (Phi) is 8.87. The highest BCUT2D eigenvalue weighted by Crippen LogP contribution is 2.37. The molecule has 1 fully saturated rings. The van der Waals surface area contributed by atoms with Gasteiger partial charge in [-0.1, -0.05) is 17.3 Å². The van der Waals surface area contributed by atoms with Gasteiger partial charge in [0, 0.05) is 67.4 Å². The van der Waals surface area contributed by atoms with Gasteiger partial charge in [0.1, 0.15) is 12.4 Å². The van der Waals surface area contributed by atoms with Gasteiger partial charge in [0.15, 0.2) is 11.5 Å². The van der Waals surface area contributed by atoms with Crippen LogP contribution in [0.3, 0.4) is 0 Å². The molecule has 2 aromatic carbocycles. The SMILES string of the molecule is COc1cc(-c2nc(-c3ccc4c(c3)CC/C4=N\O)c(-c3ccncc3)[nH]2)ccc1OCCN1CCN(C)CC1.Cl. The maximum absolute atomic E-state index is 9.34. The number of ether oxygens (including phenoxy) is 2. The Morgan fingerprint density at radius 2 is 1.71 bits per heavy atom. The summed E-state index contributed by atoms with van der Waals surface area (Å²) >= 11 is 0. The summed E-state index contributed by atoms with van der Waals surface area (Å²) in [5.41, 5.74) is 7.57. The first-order valence-corrected chi connectivity index (χ1v) is 13.7. The van der Waals surface area contributed by atoms with Crippen LogP contribution in [0.1, 0.15) is 17.5 Å². The Balaban J connectivity index is 0.00000337. The topological polar surface area (TPSA) is 99.1 Å². The van der Waals surface area contributed by atoms with Gasteiger partial charge in [-0.2, -0.15) is 0 Å². The summed E-state index contributed by atoms with van der Waals surface area (Å²) in [5, 5.41) is 12.8. The van der Waals surface area contributed by atoms with Gasteiger partial charge in [-0.3, -0.25) is 9.88 Å². The molecule has 1 aliphatic heterocycles. The third kappa shape index (κ3) is 6.07. The van der Waals surface area contributed by atoms with Crippen molar-refractivity contribution in [1.82, 2.24) is 24.8 Å². The fourth-order valence-corrected chi connectivity index (χ4v) is 5.46. The highest BCUT2D eigenvalue weighted by molar-refractivity contribution is 6.04. The second kappa shape index (κ2) is 12.7. The Bertz CT molecular complexity index is 1520. The van der Waals surface area contributed by atoms with Crippen LogP contribution in [0.4, 0.5) is 0 Å². The van der Waals surface area contributed by atoms with E-state index < -0.39 is 0 Å². The van der Waals surface area contributed by atoms with Crippen molar-refractivity contribution in [2.75, 3.05) is 53.5 Å². The van der Waals surface area contributed by atoms with Crippen LogP contribution < -0.4 is 9.47 Å². The Morgan fingerprint density at radius 1 is 0.927 bits per heavy atom. The molecule has 41 heavy (non-hydrogen) atoms. The molecule has 1 saturated heterocycles. The number of piperazine rings is 1. The maximum Gasteiger partial charge on any atom is 0.161 e. The van der Waals surface area contributed by atoms with Crippen LogP contribution in [0.5, 0.6) is 11.5 Å². The van der Waals surface area contributed by atoms with E-state index in [0.29, 0.717) is 12.4 Å². The molecule has 0 saturated carbocycles. The molecule has 0 spiro atoms. The van der Waals surface area contributed by atoms with E-state index in [0.717, 1.165) is 102 Å². The number of imidazole rings is 1. The number of aryl methyl sites for hydroxylation is 1. The molecule has 2 aromatic heterocycles. The van der Waals surface area contributed by atoms with E-state index in [-0.39, 0.29) is 12.4 Å². The number of rotatable bonds is 8. The number of nitrogens with zero attached hydrogens (tertiary/aromatic N) is 5. The van der Waals surface area contributed by atoms with Crippen LogP contribution in [0.15, 0.2) is 66.1 Å². The molecule has 2 N–H and O–H groups in total. The average Bonchev–Trinajstić information content (AvgIpc) is 3.63. The van der Waals surface area contributed by atoms with Crippen molar-refractivity contribution in [3.8, 4) is 45.4 Å². The zero-order valence-corrected chi connectivity index (χ0v) is 24.2. The van der Waals surface area contributed by atoms with Crippen LogP contribution in [0, 0.1) is 0 Å². The maximum atomic E-state index is 9.34. The molecule has 0 bridgehead atoms. The Labute approximate surface area is 246 Å². The van der Waals surface area contributed by atoms with Gasteiger partial charge < -0.3 is 24.6 Å². The van der Waals surface area contributed by atoms with E-state index in [1.165, 1.54) is 0 Å². The predicted molar refractivity (Wildman–Crippen MR) is 163 cm³/mol. The normalized spacial score (nSPS) is 16.4. The largest absolute Gasteiger partial charge is 0.493 e. The molecule has 0 atom stereocenters. The van der Waals surface area contributed by atoms with Gasteiger partial charge in [-0.05, 0) is 61.9 Å². The zero-order chi connectivity index (χ0) is 27.5. The first-order valence-electron chi connectivity index (χ1n) is 13.7. The van der Waals surface area contributed by atoms with E-state index in [4.69, 9.17) is 14.5 Å². The molecular formula is C31H35ClN6O3. The standard InChI is InChI=1S/C31H34N6O3.ClH/c1-36-13-15-37(16-14-36)17-18-40-27-8-5-24(20-28(27)39-2)31-33-29(21-9-11-32-12-10-21)30(34-31)23-3-6-25-22(19-23)4-7-26(25)35-38;/h3,5-6,8-12,19-20,38H,4,7,13-18H2,1-2H3,(H,33,34);1H/b35-26+;. The van der Waals surface area contributed by atoms with Crippen LogP contribution in [-0.4, -0.2) is 89.2 Å². The molecule has 1 aliphatic carbocycles. The number of pyridine rings is 1. The van der Waals surface area contributed by atoms with Crippen molar-refractivity contribution in [3.63, 3.8) is 0 Å². The van der Waals surface area contributed by atoms with Gasteiger partial charge >= 0.3 is 0 Å². The summed E-state index contributed by atoms with van der Waals surface area (Å²) in [6.45, 7) is 5.82. The van der Waals surface area contributed by atoms with Crippen molar-refractivity contribution in [1.29, 1.82) is 0 Å². The summed E-state index contributed by atoms with van der Waals surface area (Å²) in [7, 11) is 3.83. The van der Waals surface area contributed by atoms with Crippen LogP contribution in [0.25, 0.3) is 33.9 Å². The number of hydrogen-bond acceptors (Lipinski definition) is 8. The molecule has 4 aromatic rings. The third-order valence-electron chi connectivity index (χ3n) is 7.81. The molecular weight excluding hydrogens is 540 g/mol. The van der Waals surface area contributed by atoms with Crippen LogP contribution in [0.2, 0.25) is 0 Å². The number of hydrogen-bond donors (Lipinski definition) is 2. The fourth-order valence-electron chi connectivity index (χ4n) is 5.46. The molecule has 6 rings (SSSR count). The third-order valence-corrected chi connectivity index (χ3v) is 7.81. The second-order valence-electron chi connectivity index (χ2n) is 10.3. The van der Waals surface area contributed by atoms with E-state index in [1.54, 1.807) is 19.5 Å². The average molecular weight is 575 g/mol. The van der Waals surface area contributed by atoms with Gasteiger partial charge in [-0.15, -0.1) is 12.4 Å². The molecule has 214 valence electrons. The van der Waals surface area contributed by atoms with E-state index >= 15 is 0 Å². The predicted octanol–water partition coefficient (Wildman–Crippen LogP) is 4.99. The van der Waals surface area contributed by atoms with Crippen molar-refractivity contribution >= 4 is 18.1 Å². The fraction of sp³-hybridized carbons (Fsp3) is 0.323. The van der Waals surface area contributed by atoms with Gasteiger partial charge in [-0.25, -0.2) is 4.98 Å². The highest BCUT2D eigenvalue weighted by Gasteiger charge is 2.22. The summed E-state index contributed by atoms with van der Waals surface area (Å²) in [6, 6.07) is 16.1. The Morgan fingerprint density at radius 3 is 2.46 bits per heavy atom. The molecule has 0 radical (unpaired) electrons. The number of H-pyrrole nitrogens is 1. The van der Waals surface area contributed by atoms with E-state index in [1.807, 2.05) is 42.5 Å². The van der Waals surface area contributed by atoms with Crippen molar-refractivity contribution in [3.05, 3.63) is 72.1 Å². The van der Waals surface area contributed by atoms with Crippen LogP contribution >= 0.6 is 12.4 Å². The van der Waals surface area contributed by atoms with Crippen molar-refractivity contribution in [2.24, 2.45) is 5.16 Å². The quantitative estimate of drug-likeness (QED) is 0.226. The second-order valence-corrected chi connectivity index (χ2v) is 10.3. The number of aromatic nitrogens is 3. The minimum atomic E-state index is 0. The lowest BCUT2D eigenvalue weighted by atomic mass is 10.0. The lowest BCUT2D eigenvalue weighted by molar-refractivity contribution is 0.133. The van der Waals surface area contributed by atoms with Crippen molar-refractivity contribution in [2.45, 2.75) is 12.8 Å². The summed E-state index contributed by atoms with van der Waals surface area (Å²) < 4.78 is 11.8. The van der Waals surface area contributed by atoms with Gasteiger partial charge in [0.2, 0.25) is 0 Å². The summed E-state index contributed by atoms with van der Waals surface area (Å²) in [4.78, 5) is 17.6. The summed E-state index contributed by atoms with van der Waals surface area (Å²) in [6.07, 6.45) is 5.15. The molecule has 0 amide bonds. The molecule has 2 aliphatic rings. The van der Waals surface area contributed by atoms with Crippen molar-refractivity contribution < 1.29 is 14.7 Å². The first kappa shape index (κ1) is 28.6. The first-order chi connectivity index (χ1) is 19.6.